The third-order valence-corrected chi connectivity index (χ3v) is 3.62. The number of carbonyl (C=O) groups is 2. The van der Waals surface area contributed by atoms with Gasteiger partial charge in [0.05, 0.1) is 12.0 Å². The van der Waals surface area contributed by atoms with Crippen molar-refractivity contribution in [2.24, 2.45) is 5.41 Å². The van der Waals surface area contributed by atoms with E-state index in [0.717, 1.165) is 25.9 Å². The zero-order valence-electron chi connectivity index (χ0n) is 14.1. The molecule has 0 spiro atoms. The summed E-state index contributed by atoms with van der Waals surface area (Å²) in [7, 11) is 1.62. The fraction of sp³-hybridized carbons (Fsp3) is 0.867. The molecule has 0 aliphatic carbocycles. The van der Waals surface area contributed by atoms with Crippen LogP contribution in [0.5, 0.6) is 0 Å². The first-order valence-corrected chi connectivity index (χ1v) is 7.58. The van der Waals surface area contributed by atoms with E-state index in [9.17, 15) is 9.59 Å². The van der Waals surface area contributed by atoms with Crippen LogP contribution in [0.3, 0.4) is 0 Å². The number of methoxy groups -OCH3 is 1. The van der Waals surface area contributed by atoms with Crippen LogP contribution in [0.25, 0.3) is 0 Å². The van der Waals surface area contributed by atoms with Crippen LogP contribution in [0.2, 0.25) is 0 Å². The van der Waals surface area contributed by atoms with Gasteiger partial charge >= 0.3 is 0 Å². The minimum absolute atomic E-state index is 0. The van der Waals surface area contributed by atoms with E-state index in [0.29, 0.717) is 19.6 Å². The minimum Gasteiger partial charge on any atom is -0.384 e. The number of hydrogen-bond acceptors (Lipinski definition) is 4. The summed E-state index contributed by atoms with van der Waals surface area (Å²) in [4.78, 5) is 24.2. The molecule has 0 radical (unpaired) electrons. The topological polar surface area (TPSA) is 79.5 Å². The molecule has 0 aromatic rings. The van der Waals surface area contributed by atoms with Crippen molar-refractivity contribution in [1.82, 2.24) is 16.0 Å². The van der Waals surface area contributed by atoms with Crippen LogP contribution in [0, 0.1) is 5.41 Å². The Labute approximate surface area is 139 Å². The van der Waals surface area contributed by atoms with Crippen molar-refractivity contribution >= 4 is 24.2 Å². The molecule has 130 valence electrons. The molecule has 1 saturated heterocycles. The lowest BCUT2D eigenvalue weighted by molar-refractivity contribution is -0.136. The van der Waals surface area contributed by atoms with Gasteiger partial charge in [-0.1, -0.05) is 0 Å². The highest BCUT2D eigenvalue weighted by Gasteiger charge is 2.39. The Balaban J connectivity index is 0.00000441. The highest BCUT2D eigenvalue weighted by atomic mass is 35.5. The standard InChI is InChI=1S/C15H29N3O3.ClH/c1-14(2,3)18-12(19)5-8-17-13(20)15(11-21-4)6-9-16-10-7-15;/h16H,5-11H2,1-4H3,(H,17,20)(H,18,19);1H. The number of carbonyl (C=O) groups excluding carboxylic acids is 2. The van der Waals surface area contributed by atoms with Crippen molar-refractivity contribution in [2.75, 3.05) is 33.4 Å². The molecule has 0 aromatic carbocycles. The summed E-state index contributed by atoms with van der Waals surface area (Å²) in [5, 5.41) is 9.02. The summed E-state index contributed by atoms with van der Waals surface area (Å²) in [5.41, 5.74) is -0.700. The van der Waals surface area contributed by atoms with Gasteiger partial charge in [0.15, 0.2) is 0 Å². The largest absolute Gasteiger partial charge is 0.384 e. The van der Waals surface area contributed by atoms with Gasteiger partial charge in [0.2, 0.25) is 11.8 Å². The van der Waals surface area contributed by atoms with Gasteiger partial charge in [0, 0.05) is 25.6 Å². The zero-order chi connectivity index (χ0) is 15.9. The molecule has 0 bridgehead atoms. The van der Waals surface area contributed by atoms with Gasteiger partial charge in [-0.2, -0.15) is 0 Å². The number of hydrogen-bond donors (Lipinski definition) is 3. The fourth-order valence-electron chi connectivity index (χ4n) is 2.58. The Hall–Kier alpha value is -0.850. The third kappa shape index (κ3) is 6.94. The van der Waals surface area contributed by atoms with Crippen molar-refractivity contribution in [3.63, 3.8) is 0 Å². The summed E-state index contributed by atoms with van der Waals surface area (Å²) >= 11 is 0. The first kappa shape index (κ1) is 21.1. The normalized spacial score (nSPS) is 17.3. The van der Waals surface area contributed by atoms with Crippen molar-refractivity contribution in [3.05, 3.63) is 0 Å². The second-order valence-corrected chi connectivity index (χ2v) is 6.77. The molecular formula is C15H30ClN3O3. The monoisotopic (exact) mass is 335 g/mol. The van der Waals surface area contributed by atoms with Crippen molar-refractivity contribution in [2.45, 2.75) is 45.6 Å². The van der Waals surface area contributed by atoms with Crippen LogP contribution in [0.15, 0.2) is 0 Å². The summed E-state index contributed by atoms with van der Waals surface area (Å²) in [6.07, 6.45) is 1.83. The summed E-state index contributed by atoms with van der Waals surface area (Å²) < 4.78 is 5.23. The van der Waals surface area contributed by atoms with Gasteiger partial charge in [-0.15, -0.1) is 12.4 Å². The maximum atomic E-state index is 12.4. The molecule has 0 aromatic heterocycles. The van der Waals surface area contributed by atoms with Crippen molar-refractivity contribution in [1.29, 1.82) is 0 Å². The van der Waals surface area contributed by atoms with Crippen molar-refractivity contribution < 1.29 is 14.3 Å². The molecule has 2 amide bonds. The molecule has 6 nitrogen and oxygen atoms in total. The quantitative estimate of drug-likeness (QED) is 0.672. The summed E-state index contributed by atoms with van der Waals surface area (Å²) in [5.74, 6) is -0.0525. The smallest absolute Gasteiger partial charge is 0.228 e. The van der Waals surface area contributed by atoms with Crippen LogP contribution >= 0.6 is 12.4 Å². The number of amides is 2. The van der Waals surface area contributed by atoms with E-state index in [1.165, 1.54) is 0 Å². The molecule has 0 unspecified atom stereocenters. The second-order valence-electron chi connectivity index (χ2n) is 6.77. The lowest BCUT2D eigenvalue weighted by atomic mass is 9.78. The molecule has 1 fully saturated rings. The van der Waals surface area contributed by atoms with E-state index in [1.807, 2.05) is 20.8 Å². The minimum atomic E-state index is -0.458. The van der Waals surface area contributed by atoms with Gasteiger partial charge in [-0.05, 0) is 46.7 Å². The molecule has 1 heterocycles. The Morgan fingerprint density at radius 3 is 2.32 bits per heavy atom. The van der Waals surface area contributed by atoms with Crippen LogP contribution in [0.1, 0.15) is 40.0 Å². The Bertz CT molecular complexity index is 358. The lowest BCUT2D eigenvalue weighted by Gasteiger charge is -2.35. The molecule has 1 aliphatic heterocycles. The Morgan fingerprint density at radius 1 is 1.23 bits per heavy atom. The van der Waals surface area contributed by atoms with E-state index in [-0.39, 0.29) is 29.8 Å². The summed E-state index contributed by atoms with van der Waals surface area (Å²) in [6, 6.07) is 0. The van der Waals surface area contributed by atoms with Gasteiger partial charge in [-0.3, -0.25) is 9.59 Å². The number of nitrogens with one attached hydrogen (secondary N) is 3. The highest BCUT2D eigenvalue weighted by Crippen LogP contribution is 2.29. The average Bonchev–Trinajstić information content (AvgIpc) is 2.38. The van der Waals surface area contributed by atoms with E-state index in [1.54, 1.807) is 7.11 Å². The number of rotatable bonds is 6. The summed E-state index contributed by atoms with van der Waals surface area (Å²) in [6.45, 7) is 8.24. The Morgan fingerprint density at radius 2 is 1.82 bits per heavy atom. The predicted octanol–water partition coefficient (Wildman–Crippen LogP) is 0.845. The van der Waals surface area contributed by atoms with Crippen molar-refractivity contribution in [3.8, 4) is 0 Å². The Kier molecular flexibility index (Phi) is 8.96. The zero-order valence-corrected chi connectivity index (χ0v) is 14.9. The van der Waals surface area contributed by atoms with Gasteiger partial charge in [0.25, 0.3) is 0 Å². The highest BCUT2D eigenvalue weighted by molar-refractivity contribution is 5.85. The van der Waals surface area contributed by atoms with Gasteiger partial charge < -0.3 is 20.7 Å². The van der Waals surface area contributed by atoms with E-state index in [4.69, 9.17) is 4.74 Å². The predicted molar refractivity (Wildman–Crippen MR) is 89.2 cm³/mol. The van der Waals surface area contributed by atoms with Gasteiger partial charge in [0.1, 0.15) is 0 Å². The number of ether oxygens (including phenoxy) is 1. The molecule has 7 heteroatoms. The molecular weight excluding hydrogens is 306 g/mol. The van der Waals surface area contributed by atoms with E-state index in [2.05, 4.69) is 16.0 Å². The maximum absolute atomic E-state index is 12.4. The van der Waals surface area contributed by atoms with E-state index < -0.39 is 5.41 Å². The molecule has 22 heavy (non-hydrogen) atoms. The first-order valence-electron chi connectivity index (χ1n) is 7.58. The molecule has 1 rings (SSSR count). The number of piperidine rings is 1. The maximum Gasteiger partial charge on any atom is 0.228 e. The lowest BCUT2D eigenvalue weighted by Crippen LogP contribution is -2.50. The van der Waals surface area contributed by atoms with Crippen LogP contribution in [-0.4, -0.2) is 50.7 Å². The van der Waals surface area contributed by atoms with E-state index >= 15 is 0 Å². The first-order chi connectivity index (χ1) is 9.79. The number of halogens is 1. The molecule has 0 saturated carbocycles. The van der Waals surface area contributed by atoms with Crippen LogP contribution in [0.4, 0.5) is 0 Å². The molecule has 0 atom stereocenters. The van der Waals surface area contributed by atoms with Crippen LogP contribution in [-0.2, 0) is 14.3 Å². The third-order valence-electron chi connectivity index (χ3n) is 3.62. The average molecular weight is 336 g/mol. The second kappa shape index (κ2) is 9.33. The SMILES string of the molecule is COCC1(C(=O)NCCC(=O)NC(C)(C)C)CCNCC1.Cl. The molecule has 3 N–H and O–H groups in total. The fourth-order valence-corrected chi connectivity index (χ4v) is 2.58. The molecule has 1 aliphatic rings. The van der Waals surface area contributed by atoms with Crippen LogP contribution < -0.4 is 16.0 Å². The van der Waals surface area contributed by atoms with Gasteiger partial charge in [-0.25, -0.2) is 0 Å².